The highest BCUT2D eigenvalue weighted by atomic mass is 28.4. The van der Waals surface area contributed by atoms with Crippen LogP contribution in [0.15, 0.2) is 30.3 Å². The molecule has 0 saturated carbocycles. The number of unbranched alkanes of at least 4 members (excludes halogenated alkanes) is 2. The van der Waals surface area contributed by atoms with Crippen LogP contribution in [0.1, 0.15) is 45.6 Å². The van der Waals surface area contributed by atoms with E-state index in [4.69, 9.17) is 4.43 Å². The number of hydrogen-bond donors (Lipinski definition) is 0. The molecular formula is C18H28OSi. The van der Waals surface area contributed by atoms with Gasteiger partial charge in [-0.25, -0.2) is 0 Å². The van der Waals surface area contributed by atoms with Crippen molar-refractivity contribution in [2.75, 3.05) is 6.61 Å². The summed E-state index contributed by atoms with van der Waals surface area (Å²) in [6, 6.07) is 10.2. The van der Waals surface area contributed by atoms with E-state index in [0.717, 1.165) is 31.4 Å². The van der Waals surface area contributed by atoms with E-state index >= 15 is 0 Å². The predicted octanol–water partition coefficient (Wildman–Crippen LogP) is 5.23. The molecule has 1 nitrogen and oxygen atoms in total. The Morgan fingerprint density at radius 1 is 1.05 bits per heavy atom. The van der Waals surface area contributed by atoms with Crippen LogP contribution in [-0.2, 0) is 4.43 Å². The van der Waals surface area contributed by atoms with Gasteiger partial charge < -0.3 is 4.43 Å². The lowest BCUT2D eigenvalue weighted by Crippen LogP contribution is -2.40. The highest BCUT2D eigenvalue weighted by molar-refractivity contribution is 6.74. The Balaban J connectivity index is 2.19. The summed E-state index contributed by atoms with van der Waals surface area (Å²) in [7, 11) is -1.56. The van der Waals surface area contributed by atoms with Crippen molar-refractivity contribution in [3.8, 4) is 11.8 Å². The third-order valence-corrected chi connectivity index (χ3v) is 8.51. The van der Waals surface area contributed by atoms with Gasteiger partial charge in [-0.1, -0.05) is 50.8 Å². The second kappa shape index (κ2) is 7.66. The summed E-state index contributed by atoms with van der Waals surface area (Å²) in [5.41, 5.74) is 1.10. The van der Waals surface area contributed by atoms with Gasteiger partial charge in [0.1, 0.15) is 0 Å². The van der Waals surface area contributed by atoms with Gasteiger partial charge >= 0.3 is 0 Å². The van der Waals surface area contributed by atoms with Crippen molar-refractivity contribution < 1.29 is 4.43 Å². The minimum absolute atomic E-state index is 0.306. The van der Waals surface area contributed by atoms with Crippen molar-refractivity contribution in [3.05, 3.63) is 35.9 Å². The minimum atomic E-state index is -1.56. The lowest BCUT2D eigenvalue weighted by atomic mass is 10.2. The van der Waals surface area contributed by atoms with E-state index in [2.05, 4.69) is 45.7 Å². The topological polar surface area (TPSA) is 9.23 Å². The Morgan fingerprint density at radius 2 is 1.70 bits per heavy atom. The molecule has 0 aliphatic rings. The van der Waals surface area contributed by atoms with E-state index in [1.807, 2.05) is 30.3 Å². The normalized spacial score (nSPS) is 11.8. The van der Waals surface area contributed by atoms with Gasteiger partial charge in [0, 0.05) is 18.6 Å². The van der Waals surface area contributed by atoms with Gasteiger partial charge in [0.25, 0.3) is 0 Å². The predicted molar refractivity (Wildman–Crippen MR) is 90.3 cm³/mol. The number of benzene rings is 1. The molecule has 1 aromatic rings. The van der Waals surface area contributed by atoms with E-state index < -0.39 is 8.32 Å². The second-order valence-corrected chi connectivity index (χ2v) is 11.5. The minimum Gasteiger partial charge on any atom is -0.417 e. The molecule has 0 unspecified atom stereocenters. The van der Waals surface area contributed by atoms with Crippen molar-refractivity contribution in [1.29, 1.82) is 0 Å². The Labute approximate surface area is 125 Å². The van der Waals surface area contributed by atoms with Gasteiger partial charge in [-0.3, -0.25) is 0 Å². The molecule has 0 aromatic heterocycles. The highest BCUT2D eigenvalue weighted by Gasteiger charge is 2.36. The average molecular weight is 289 g/mol. The molecule has 0 bridgehead atoms. The van der Waals surface area contributed by atoms with Crippen LogP contribution in [0.2, 0.25) is 18.1 Å². The van der Waals surface area contributed by atoms with Crippen LogP contribution in [0, 0.1) is 11.8 Å². The van der Waals surface area contributed by atoms with Gasteiger partial charge in [-0.05, 0) is 43.1 Å². The molecule has 0 spiro atoms. The van der Waals surface area contributed by atoms with Gasteiger partial charge in [-0.15, -0.1) is 0 Å². The van der Waals surface area contributed by atoms with E-state index in [9.17, 15) is 0 Å². The van der Waals surface area contributed by atoms with Crippen LogP contribution in [0.5, 0.6) is 0 Å². The molecule has 0 aliphatic heterocycles. The number of rotatable bonds is 5. The summed E-state index contributed by atoms with van der Waals surface area (Å²) in [4.78, 5) is 0. The molecule has 0 N–H and O–H groups in total. The van der Waals surface area contributed by atoms with Gasteiger partial charge in [-0.2, -0.15) is 0 Å². The molecule has 20 heavy (non-hydrogen) atoms. The van der Waals surface area contributed by atoms with Crippen LogP contribution >= 0.6 is 0 Å². The van der Waals surface area contributed by atoms with Gasteiger partial charge in [0.2, 0.25) is 0 Å². The maximum atomic E-state index is 6.15. The van der Waals surface area contributed by atoms with Crippen LogP contribution in [0.3, 0.4) is 0 Å². The van der Waals surface area contributed by atoms with E-state index in [-0.39, 0.29) is 0 Å². The Bertz CT molecular complexity index is 446. The molecule has 2 heteroatoms. The zero-order valence-electron chi connectivity index (χ0n) is 13.6. The third kappa shape index (κ3) is 5.94. The van der Waals surface area contributed by atoms with Crippen LogP contribution in [0.25, 0.3) is 0 Å². The first-order valence-electron chi connectivity index (χ1n) is 7.51. The first kappa shape index (κ1) is 17.0. The Morgan fingerprint density at radius 3 is 2.30 bits per heavy atom. The van der Waals surface area contributed by atoms with Gasteiger partial charge in [0.05, 0.1) is 0 Å². The molecule has 1 aromatic carbocycles. The second-order valence-electron chi connectivity index (χ2n) is 6.73. The first-order valence-corrected chi connectivity index (χ1v) is 10.4. The smallest absolute Gasteiger partial charge is 0.191 e. The van der Waals surface area contributed by atoms with Crippen molar-refractivity contribution in [1.82, 2.24) is 0 Å². The lowest BCUT2D eigenvalue weighted by Gasteiger charge is -2.36. The van der Waals surface area contributed by atoms with Crippen molar-refractivity contribution in [3.63, 3.8) is 0 Å². The third-order valence-electron chi connectivity index (χ3n) is 3.97. The first-order chi connectivity index (χ1) is 9.33. The molecule has 0 radical (unpaired) electrons. The Kier molecular flexibility index (Phi) is 6.52. The Hall–Kier alpha value is -1.04. The standard InChI is InChI=1S/C18H28OSi/c1-18(2,3)20(4,5)19-16-12-7-6-9-13-17-14-10-8-11-15-17/h8,10-11,14-15H,6-7,12,16H2,1-5H3. The molecule has 1 rings (SSSR count). The fourth-order valence-corrected chi connectivity index (χ4v) is 2.63. The SMILES string of the molecule is CC(C)(C)[Si](C)(C)OCCCCC#Cc1ccccc1. The monoisotopic (exact) mass is 288 g/mol. The van der Waals surface area contributed by atoms with E-state index in [1.54, 1.807) is 0 Å². The zero-order chi connectivity index (χ0) is 15.1. The van der Waals surface area contributed by atoms with Crippen LogP contribution < -0.4 is 0 Å². The van der Waals surface area contributed by atoms with E-state index in [1.165, 1.54) is 0 Å². The maximum Gasteiger partial charge on any atom is 0.191 e. The molecule has 0 aliphatic carbocycles. The maximum absolute atomic E-state index is 6.15. The number of hydrogen-bond acceptors (Lipinski definition) is 1. The zero-order valence-corrected chi connectivity index (χ0v) is 14.6. The van der Waals surface area contributed by atoms with Gasteiger partial charge in [0.15, 0.2) is 8.32 Å². The molecule has 110 valence electrons. The van der Waals surface area contributed by atoms with Crippen LogP contribution in [-0.4, -0.2) is 14.9 Å². The largest absolute Gasteiger partial charge is 0.417 e. The van der Waals surface area contributed by atoms with Crippen molar-refractivity contribution in [2.24, 2.45) is 0 Å². The fraction of sp³-hybridized carbons (Fsp3) is 0.556. The molecule has 0 amide bonds. The van der Waals surface area contributed by atoms with E-state index in [0.29, 0.717) is 5.04 Å². The summed E-state index contributed by atoms with van der Waals surface area (Å²) < 4.78 is 6.15. The lowest BCUT2D eigenvalue weighted by molar-refractivity contribution is 0.280. The molecule has 0 atom stereocenters. The highest BCUT2D eigenvalue weighted by Crippen LogP contribution is 2.36. The molecule has 0 heterocycles. The van der Waals surface area contributed by atoms with Crippen LogP contribution in [0.4, 0.5) is 0 Å². The summed E-state index contributed by atoms with van der Waals surface area (Å²) >= 11 is 0. The molecule has 0 saturated heterocycles. The summed E-state index contributed by atoms with van der Waals surface area (Å²) in [6.07, 6.45) is 3.18. The quantitative estimate of drug-likeness (QED) is 0.409. The van der Waals surface area contributed by atoms with Crippen molar-refractivity contribution in [2.45, 2.75) is 58.2 Å². The summed E-state index contributed by atoms with van der Waals surface area (Å²) in [6.45, 7) is 12.3. The van der Waals surface area contributed by atoms with Crippen molar-refractivity contribution >= 4 is 8.32 Å². The molecular weight excluding hydrogens is 260 g/mol. The molecule has 0 fully saturated rings. The fourth-order valence-electron chi connectivity index (χ4n) is 1.55. The average Bonchev–Trinajstić information content (AvgIpc) is 2.37. The summed E-state index contributed by atoms with van der Waals surface area (Å²) in [5, 5.41) is 0.306. The summed E-state index contributed by atoms with van der Waals surface area (Å²) in [5.74, 6) is 6.43.